The van der Waals surface area contributed by atoms with Crippen molar-refractivity contribution in [3.8, 4) is 6.07 Å². The molecule has 2 aromatic carbocycles. The van der Waals surface area contributed by atoms with Gasteiger partial charge in [0.25, 0.3) is 0 Å². The average molecular weight is 538 g/mol. The third-order valence-corrected chi connectivity index (χ3v) is 7.37. The summed E-state index contributed by atoms with van der Waals surface area (Å²) in [6, 6.07) is 8.08. The predicted octanol–water partition coefficient (Wildman–Crippen LogP) is 3.49. The molecule has 9 nitrogen and oxygen atoms in total. The van der Waals surface area contributed by atoms with Gasteiger partial charge in [-0.15, -0.1) is 0 Å². The Morgan fingerprint density at radius 3 is 2.35 bits per heavy atom. The van der Waals surface area contributed by atoms with Gasteiger partial charge in [0.2, 0.25) is 0 Å². The number of benzene rings is 2. The maximum atomic E-state index is 13.7. The Kier molecular flexibility index (Phi) is 7.13. The fourth-order valence-electron chi connectivity index (χ4n) is 4.64. The lowest BCUT2D eigenvalue weighted by molar-refractivity contribution is -0.137. The molecular formula is C24H22F3N3O6S. The lowest BCUT2D eigenvalue weighted by Gasteiger charge is -2.49. The van der Waals surface area contributed by atoms with Gasteiger partial charge in [-0.25, -0.2) is 18.0 Å². The molecule has 0 radical (unpaired) electrons. The van der Waals surface area contributed by atoms with Crippen LogP contribution >= 0.6 is 0 Å². The lowest BCUT2D eigenvalue weighted by Crippen LogP contribution is -2.60. The van der Waals surface area contributed by atoms with Crippen LogP contribution in [0.25, 0.3) is 0 Å². The molecule has 1 aliphatic rings. The van der Waals surface area contributed by atoms with Crippen molar-refractivity contribution in [3.63, 3.8) is 0 Å². The molecule has 0 aromatic heterocycles. The smallest absolute Gasteiger partial charge is 0.416 e. The molecule has 0 unspecified atom stereocenters. The number of nitrogens with zero attached hydrogens (tertiary/aromatic N) is 3. The number of aliphatic carboxylic acids is 1. The van der Waals surface area contributed by atoms with E-state index in [4.69, 9.17) is 0 Å². The SMILES string of the molecule is CC1=C(C(=O)O)[C@@](CCO)(c2ccc(C#N)cc2S(C)(=O)=O)N(C)C(=O)N1c1cccc(C(F)(F)F)c1. The highest BCUT2D eigenvalue weighted by atomic mass is 32.2. The Bertz CT molecular complexity index is 1460. The molecule has 0 saturated heterocycles. The number of carboxylic acid groups (broad SMARTS) is 1. The zero-order valence-corrected chi connectivity index (χ0v) is 20.7. The quantitative estimate of drug-likeness (QED) is 0.575. The second-order valence-corrected chi connectivity index (χ2v) is 10.4. The molecule has 0 fully saturated rings. The molecule has 37 heavy (non-hydrogen) atoms. The van der Waals surface area contributed by atoms with Crippen molar-refractivity contribution in [1.29, 1.82) is 5.26 Å². The molecule has 0 spiro atoms. The minimum atomic E-state index is -4.73. The fraction of sp³-hybridized carbons (Fsp3) is 0.292. The van der Waals surface area contributed by atoms with Gasteiger partial charge >= 0.3 is 18.2 Å². The van der Waals surface area contributed by atoms with Crippen molar-refractivity contribution in [2.45, 2.75) is 30.0 Å². The minimum absolute atomic E-state index is 0.0451. The lowest BCUT2D eigenvalue weighted by atomic mass is 9.75. The van der Waals surface area contributed by atoms with Gasteiger partial charge in [0.15, 0.2) is 9.84 Å². The first kappa shape index (κ1) is 27.7. The van der Waals surface area contributed by atoms with Gasteiger partial charge in [-0.05, 0) is 37.3 Å². The summed E-state index contributed by atoms with van der Waals surface area (Å²) in [5.74, 6) is -1.59. The van der Waals surface area contributed by atoms with E-state index in [1.807, 2.05) is 0 Å². The Morgan fingerprint density at radius 2 is 1.84 bits per heavy atom. The average Bonchev–Trinajstić information content (AvgIpc) is 2.81. The van der Waals surface area contributed by atoms with Gasteiger partial charge in [0.05, 0.1) is 33.4 Å². The molecule has 2 N–H and O–H groups in total. The van der Waals surface area contributed by atoms with Gasteiger partial charge in [0, 0.05) is 37.6 Å². The molecule has 13 heteroatoms. The predicted molar refractivity (Wildman–Crippen MR) is 125 cm³/mol. The van der Waals surface area contributed by atoms with Crippen LogP contribution in [-0.4, -0.2) is 55.4 Å². The van der Waals surface area contributed by atoms with E-state index in [1.165, 1.54) is 25.1 Å². The zero-order valence-electron chi connectivity index (χ0n) is 19.9. The number of aliphatic hydroxyl groups excluding tert-OH is 1. The van der Waals surface area contributed by atoms with Crippen molar-refractivity contribution in [2.24, 2.45) is 0 Å². The molecule has 0 aliphatic carbocycles. The number of carboxylic acids is 1. The summed E-state index contributed by atoms with van der Waals surface area (Å²) in [5.41, 5.74) is -4.40. The highest BCUT2D eigenvalue weighted by Crippen LogP contribution is 2.48. The van der Waals surface area contributed by atoms with Crippen LogP contribution in [-0.2, 0) is 26.3 Å². The molecule has 2 aromatic rings. The van der Waals surface area contributed by atoms with Gasteiger partial charge in [0.1, 0.15) is 5.54 Å². The van der Waals surface area contributed by atoms with Crippen molar-refractivity contribution in [2.75, 3.05) is 24.8 Å². The molecule has 2 amide bonds. The number of hydrogen-bond acceptors (Lipinski definition) is 6. The number of hydrogen-bond donors (Lipinski definition) is 2. The van der Waals surface area contributed by atoms with E-state index in [0.29, 0.717) is 6.07 Å². The van der Waals surface area contributed by atoms with Crippen molar-refractivity contribution in [1.82, 2.24) is 4.90 Å². The largest absolute Gasteiger partial charge is 0.478 e. The highest BCUT2D eigenvalue weighted by molar-refractivity contribution is 7.90. The standard InChI is InChI=1S/C24H22F3N3O6S/c1-14-20(21(32)33)23(9-10-31,18-8-7-15(13-28)11-19(18)37(3,35)36)29(2)22(34)30(14)17-6-4-5-16(12-17)24(25,26)27/h4-8,11-12,31H,9-10H2,1-3H3,(H,32,33)/t23-/m1/s1. The number of aliphatic hydroxyl groups is 1. The van der Waals surface area contributed by atoms with E-state index < -0.39 is 62.6 Å². The topological polar surface area (TPSA) is 139 Å². The van der Waals surface area contributed by atoms with Gasteiger partial charge in [-0.3, -0.25) is 4.90 Å². The van der Waals surface area contributed by atoms with Crippen molar-refractivity contribution < 1.29 is 41.4 Å². The summed E-state index contributed by atoms with van der Waals surface area (Å²) in [7, 11) is -2.93. The van der Waals surface area contributed by atoms with E-state index >= 15 is 0 Å². The zero-order chi connectivity index (χ0) is 27.9. The van der Waals surface area contributed by atoms with E-state index in [-0.39, 0.29) is 22.5 Å². The molecule has 1 aliphatic heterocycles. The second kappa shape index (κ2) is 9.53. The maximum Gasteiger partial charge on any atom is 0.416 e. The third-order valence-electron chi connectivity index (χ3n) is 6.24. The van der Waals surface area contributed by atoms with Gasteiger partial charge in [-0.2, -0.15) is 18.4 Å². The minimum Gasteiger partial charge on any atom is -0.478 e. The highest BCUT2D eigenvalue weighted by Gasteiger charge is 2.53. The van der Waals surface area contributed by atoms with Crippen molar-refractivity contribution in [3.05, 3.63) is 70.4 Å². The normalized spacial score (nSPS) is 18.7. The number of carbonyl (C=O) groups excluding carboxylic acids is 1. The number of alkyl halides is 3. The van der Waals surface area contributed by atoms with Crippen LogP contribution in [0.2, 0.25) is 0 Å². The summed E-state index contributed by atoms with van der Waals surface area (Å²) in [6.07, 6.45) is -4.35. The summed E-state index contributed by atoms with van der Waals surface area (Å²) in [5, 5.41) is 29.5. The number of nitriles is 1. The van der Waals surface area contributed by atoms with E-state index in [2.05, 4.69) is 0 Å². The number of amides is 2. The monoisotopic (exact) mass is 537 g/mol. The number of urea groups is 1. The number of allylic oxidation sites excluding steroid dienone is 1. The van der Waals surface area contributed by atoms with Gasteiger partial charge < -0.3 is 15.1 Å². The number of anilines is 1. The van der Waals surface area contributed by atoms with Crippen molar-refractivity contribution >= 4 is 27.5 Å². The molecule has 3 rings (SSSR count). The first-order valence-electron chi connectivity index (χ1n) is 10.7. The van der Waals surface area contributed by atoms with Crippen LogP contribution in [0.4, 0.5) is 23.7 Å². The maximum absolute atomic E-state index is 13.7. The summed E-state index contributed by atoms with van der Waals surface area (Å²) in [6.45, 7) is 0.527. The van der Waals surface area contributed by atoms with Crippen LogP contribution in [0, 0.1) is 11.3 Å². The van der Waals surface area contributed by atoms with Crippen LogP contribution < -0.4 is 4.90 Å². The number of likely N-dealkylation sites (N-methyl/N-ethyl adjacent to an activating group) is 1. The number of rotatable bonds is 6. The summed E-state index contributed by atoms with van der Waals surface area (Å²) >= 11 is 0. The van der Waals surface area contributed by atoms with Crippen LogP contribution in [0.1, 0.15) is 30.0 Å². The van der Waals surface area contributed by atoms with E-state index in [0.717, 1.165) is 41.3 Å². The molecule has 0 bridgehead atoms. The first-order chi connectivity index (χ1) is 17.1. The van der Waals surface area contributed by atoms with Gasteiger partial charge in [-0.1, -0.05) is 12.1 Å². The second-order valence-electron chi connectivity index (χ2n) is 8.42. The van der Waals surface area contributed by atoms with E-state index in [1.54, 1.807) is 6.07 Å². The Morgan fingerprint density at radius 1 is 1.19 bits per heavy atom. The fourth-order valence-corrected chi connectivity index (χ4v) is 5.61. The van der Waals surface area contributed by atoms with Crippen LogP contribution in [0.3, 0.4) is 0 Å². The molecule has 196 valence electrons. The number of sulfone groups is 1. The Labute approximate surface area is 210 Å². The molecule has 1 atom stereocenters. The number of carbonyl (C=O) groups is 2. The first-order valence-corrected chi connectivity index (χ1v) is 12.6. The number of halogens is 3. The Hall–Kier alpha value is -3.89. The summed E-state index contributed by atoms with van der Waals surface area (Å²) < 4.78 is 65.5. The third kappa shape index (κ3) is 4.65. The molecule has 0 saturated carbocycles. The molecule has 1 heterocycles. The van der Waals surface area contributed by atoms with Crippen LogP contribution in [0.15, 0.2) is 58.6 Å². The Balaban J connectivity index is 2.45. The van der Waals surface area contributed by atoms with E-state index in [9.17, 15) is 46.7 Å². The summed E-state index contributed by atoms with van der Waals surface area (Å²) in [4.78, 5) is 27.6. The van der Waals surface area contributed by atoms with Crippen LogP contribution in [0.5, 0.6) is 0 Å². The molecular weight excluding hydrogens is 515 g/mol.